The number of carbonyl (C=O) groups is 1. The van der Waals surface area contributed by atoms with Gasteiger partial charge in [-0.3, -0.25) is 0 Å². The van der Waals surface area contributed by atoms with Crippen LogP contribution in [0.5, 0.6) is 0 Å². The molecular formula is C22H25N3O2. The molecule has 1 N–H and O–H groups in total. The Balaban J connectivity index is 1.55. The summed E-state index contributed by atoms with van der Waals surface area (Å²) in [6, 6.07) is 4.71. The van der Waals surface area contributed by atoms with Crippen LogP contribution in [0.4, 0.5) is 11.6 Å². The van der Waals surface area contributed by atoms with Crippen LogP contribution < -0.4 is 4.90 Å². The van der Waals surface area contributed by atoms with Crippen LogP contribution in [-0.2, 0) is 12.8 Å². The van der Waals surface area contributed by atoms with E-state index in [0.29, 0.717) is 11.9 Å². The molecule has 0 amide bonds. The van der Waals surface area contributed by atoms with Gasteiger partial charge in [0, 0.05) is 24.6 Å². The normalized spacial score (nSPS) is 18.8. The Kier molecular flexibility index (Phi) is 4.10. The lowest BCUT2D eigenvalue weighted by Crippen LogP contribution is -2.24. The first kappa shape index (κ1) is 16.7. The lowest BCUT2D eigenvalue weighted by molar-refractivity contribution is 0.0696. The fourth-order valence-electron chi connectivity index (χ4n) is 4.80. The summed E-state index contributed by atoms with van der Waals surface area (Å²) in [4.78, 5) is 22.1. The smallest absolute Gasteiger partial charge is 0.338 e. The monoisotopic (exact) mass is 363 g/mol. The van der Waals surface area contributed by atoms with Crippen LogP contribution in [0.15, 0.2) is 24.5 Å². The molecule has 27 heavy (non-hydrogen) atoms. The highest BCUT2D eigenvalue weighted by atomic mass is 16.4. The van der Waals surface area contributed by atoms with E-state index in [9.17, 15) is 4.79 Å². The molecule has 0 aliphatic heterocycles. The number of rotatable bonds is 5. The second-order valence-corrected chi connectivity index (χ2v) is 8.29. The molecule has 0 atom stereocenters. The number of carboxylic acid groups (broad SMARTS) is 1. The van der Waals surface area contributed by atoms with Crippen molar-refractivity contribution in [2.75, 3.05) is 11.4 Å². The summed E-state index contributed by atoms with van der Waals surface area (Å²) >= 11 is 0. The van der Waals surface area contributed by atoms with E-state index in [2.05, 4.69) is 27.0 Å². The van der Waals surface area contributed by atoms with E-state index in [1.165, 1.54) is 80.6 Å². The minimum Gasteiger partial charge on any atom is -0.478 e. The topological polar surface area (TPSA) is 66.3 Å². The van der Waals surface area contributed by atoms with Gasteiger partial charge in [0.2, 0.25) is 5.95 Å². The molecule has 2 aromatic rings. The van der Waals surface area contributed by atoms with Crippen LogP contribution in [0, 0.1) is 5.92 Å². The van der Waals surface area contributed by atoms with Gasteiger partial charge >= 0.3 is 5.97 Å². The largest absolute Gasteiger partial charge is 0.478 e. The van der Waals surface area contributed by atoms with Crippen LogP contribution in [0.3, 0.4) is 0 Å². The molecule has 0 spiro atoms. The molecule has 0 unspecified atom stereocenters. The van der Waals surface area contributed by atoms with E-state index in [0.717, 1.165) is 12.5 Å². The van der Waals surface area contributed by atoms with Crippen molar-refractivity contribution in [2.45, 2.75) is 57.3 Å². The summed E-state index contributed by atoms with van der Waals surface area (Å²) in [5, 5.41) is 9.13. The quantitative estimate of drug-likeness (QED) is 0.848. The summed E-state index contributed by atoms with van der Waals surface area (Å²) < 4.78 is 0. The number of carboxylic acids is 1. The summed E-state index contributed by atoms with van der Waals surface area (Å²) in [5.74, 6) is 1.07. The minimum absolute atomic E-state index is 0.133. The van der Waals surface area contributed by atoms with Crippen molar-refractivity contribution in [3.05, 3.63) is 46.8 Å². The molecule has 3 aliphatic rings. The molecule has 5 nitrogen and oxygen atoms in total. The number of hydrogen-bond acceptors (Lipinski definition) is 4. The molecular weight excluding hydrogens is 338 g/mol. The molecule has 1 fully saturated rings. The minimum atomic E-state index is -0.987. The Morgan fingerprint density at radius 3 is 2.22 bits per heavy atom. The molecule has 0 radical (unpaired) electrons. The van der Waals surface area contributed by atoms with Gasteiger partial charge in [-0.15, -0.1) is 0 Å². The zero-order valence-corrected chi connectivity index (χ0v) is 15.5. The van der Waals surface area contributed by atoms with Crippen LogP contribution in [0.2, 0.25) is 0 Å². The average Bonchev–Trinajstić information content (AvgIpc) is 3.51. The van der Waals surface area contributed by atoms with Crippen molar-refractivity contribution in [3.63, 3.8) is 0 Å². The Morgan fingerprint density at radius 2 is 1.67 bits per heavy atom. The van der Waals surface area contributed by atoms with Gasteiger partial charge in [-0.05, 0) is 92.0 Å². The van der Waals surface area contributed by atoms with Gasteiger partial charge in [0.1, 0.15) is 0 Å². The first-order chi connectivity index (χ1) is 13.2. The van der Waals surface area contributed by atoms with E-state index >= 15 is 0 Å². The summed E-state index contributed by atoms with van der Waals surface area (Å²) in [7, 11) is 0. The van der Waals surface area contributed by atoms with Crippen LogP contribution in [0.25, 0.3) is 0 Å². The first-order valence-corrected chi connectivity index (χ1v) is 10.2. The molecule has 1 aromatic carbocycles. The van der Waals surface area contributed by atoms with Crippen molar-refractivity contribution in [2.24, 2.45) is 5.92 Å². The molecule has 5 heteroatoms. The number of hydrogen-bond donors (Lipinski definition) is 1. The van der Waals surface area contributed by atoms with Crippen LogP contribution in [0.1, 0.15) is 71.5 Å². The molecule has 1 heterocycles. The molecule has 1 aromatic heterocycles. The fourth-order valence-corrected chi connectivity index (χ4v) is 4.80. The lowest BCUT2D eigenvalue weighted by Gasteiger charge is -2.34. The Morgan fingerprint density at radius 1 is 1.04 bits per heavy atom. The predicted octanol–water partition coefficient (Wildman–Crippen LogP) is 4.48. The third-order valence-corrected chi connectivity index (χ3v) is 6.32. The molecule has 3 aliphatic carbocycles. The first-order valence-electron chi connectivity index (χ1n) is 10.2. The van der Waals surface area contributed by atoms with Gasteiger partial charge in [-0.2, -0.15) is 0 Å². The van der Waals surface area contributed by atoms with Crippen LogP contribution >= 0.6 is 0 Å². The second kappa shape index (κ2) is 6.63. The summed E-state index contributed by atoms with van der Waals surface area (Å²) in [6.45, 7) is 0.911. The Labute approximate surface area is 159 Å². The van der Waals surface area contributed by atoms with Crippen molar-refractivity contribution in [1.82, 2.24) is 9.97 Å². The fraction of sp³-hybridized carbons (Fsp3) is 0.500. The number of benzene rings is 1. The second-order valence-electron chi connectivity index (χ2n) is 8.29. The Bertz CT molecular complexity index is 843. The number of aryl methyl sites for hydroxylation is 2. The third kappa shape index (κ3) is 3.20. The van der Waals surface area contributed by atoms with E-state index in [-0.39, 0.29) is 5.56 Å². The standard InChI is InChI=1S/C22H25N3O2/c26-21(27)18-11-23-22(24-12-18)25(13-14-7-8-14)19-9-16-5-1-3-15-4-2-6-17(10-19)20(15)16/h9-12,14-15H,1-8,13H2,(H,26,27). The number of nitrogens with zero attached hydrogens (tertiary/aromatic N) is 3. The Hall–Kier alpha value is -2.43. The number of aromatic carboxylic acids is 1. The summed E-state index contributed by atoms with van der Waals surface area (Å²) in [5.41, 5.74) is 5.97. The molecule has 0 bridgehead atoms. The van der Waals surface area contributed by atoms with Crippen molar-refractivity contribution >= 4 is 17.6 Å². The SMILES string of the molecule is O=C(O)c1cnc(N(CC2CC2)c2cc3c4c(c2)CCCC4CCC3)nc1. The van der Waals surface area contributed by atoms with Gasteiger partial charge in [0.05, 0.1) is 5.56 Å². The molecule has 140 valence electrons. The zero-order valence-electron chi connectivity index (χ0n) is 15.5. The van der Waals surface area contributed by atoms with E-state index in [1.54, 1.807) is 5.56 Å². The van der Waals surface area contributed by atoms with Gasteiger partial charge in [0.15, 0.2) is 0 Å². The van der Waals surface area contributed by atoms with Gasteiger partial charge in [-0.1, -0.05) is 0 Å². The van der Waals surface area contributed by atoms with E-state index in [1.807, 2.05) is 0 Å². The van der Waals surface area contributed by atoms with Crippen molar-refractivity contribution in [1.29, 1.82) is 0 Å². The van der Waals surface area contributed by atoms with Crippen molar-refractivity contribution in [3.8, 4) is 0 Å². The van der Waals surface area contributed by atoms with Crippen LogP contribution in [-0.4, -0.2) is 27.6 Å². The maximum absolute atomic E-state index is 11.1. The average molecular weight is 363 g/mol. The van der Waals surface area contributed by atoms with Gasteiger partial charge < -0.3 is 10.0 Å². The van der Waals surface area contributed by atoms with Crippen molar-refractivity contribution < 1.29 is 9.90 Å². The highest BCUT2D eigenvalue weighted by Gasteiger charge is 2.30. The van der Waals surface area contributed by atoms with E-state index in [4.69, 9.17) is 5.11 Å². The number of aromatic nitrogens is 2. The molecule has 5 rings (SSSR count). The third-order valence-electron chi connectivity index (χ3n) is 6.32. The van der Waals surface area contributed by atoms with Gasteiger partial charge in [0.25, 0.3) is 0 Å². The maximum atomic E-state index is 11.1. The number of anilines is 2. The molecule has 0 saturated heterocycles. The summed E-state index contributed by atoms with van der Waals surface area (Å²) in [6.07, 6.45) is 12.9. The predicted molar refractivity (Wildman–Crippen MR) is 104 cm³/mol. The highest BCUT2D eigenvalue weighted by Crippen LogP contribution is 2.44. The van der Waals surface area contributed by atoms with E-state index < -0.39 is 5.97 Å². The highest BCUT2D eigenvalue weighted by molar-refractivity contribution is 5.86. The maximum Gasteiger partial charge on any atom is 0.338 e. The van der Waals surface area contributed by atoms with Gasteiger partial charge in [-0.25, -0.2) is 14.8 Å². The molecule has 1 saturated carbocycles. The lowest BCUT2D eigenvalue weighted by atomic mass is 9.73. The zero-order chi connectivity index (χ0) is 18.4.